The SMILES string of the molecule is COc1ccc2cc(C(=O)OC3=CC(=O)CC(C)(C)C3)c(=O)oc2c1. The molecule has 0 unspecified atom stereocenters. The highest BCUT2D eigenvalue weighted by molar-refractivity contribution is 5.95. The van der Waals surface area contributed by atoms with Crippen LogP contribution in [0.15, 0.2) is 45.3 Å². The molecule has 0 radical (unpaired) electrons. The minimum atomic E-state index is -0.830. The van der Waals surface area contributed by atoms with Gasteiger partial charge in [0, 0.05) is 30.4 Å². The van der Waals surface area contributed by atoms with Crippen LogP contribution in [-0.2, 0) is 9.53 Å². The molecular weight excluding hydrogens is 324 g/mol. The van der Waals surface area contributed by atoms with Gasteiger partial charge in [-0.05, 0) is 23.6 Å². The number of carbonyl (C=O) groups is 2. The Bertz CT molecular complexity index is 948. The zero-order chi connectivity index (χ0) is 18.2. The number of carbonyl (C=O) groups excluding carboxylic acids is 2. The van der Waals surface area contributed by atoms with Crippen LogP contribution in [0.3, 0.4) is 0 Å². The van der Waals surface area contributed by atoms with E-state index < -0.39 is 11.6 Å². The number of methoxy groups -OCH3 is 1. The monoisotopic (exact) mass is 342 g/mol. The molecule has 2 aromatic rings. The van der Waals surface area contributed by atoms with Crippen molar-refractivity contribution in [3.8, 4) is 5.75 Å². The average molecular weight is 342 g/mol. The van der Waals surface area contributed by atoms with Crippen molar-refractivity contribution in [3.05, 3.63) is 52.1 Å². The van der Waals surface area contributed by atoms with Gasteiger partial charge in [0.2, 0.25) is 0 Å². The van der Waals surface area contributed by atoms with Crippen LogP contribution >= 0.6 is 0 Å². The van der Waals surface area contributed by atoms with E-state index in [0.717, 1.165) is 0 Å². The van der Waals surface area contributed by atoms with E-state index >= 15 is 0 Å². The predicted octanol–water partition coefficient (Wildman–Crippen LogP) is 3.23. The molecule has 0 amide bonds. The fourth-order valence-corrected chi connectivity index (χ4v) is 2.89. The van der Waals surface area contributed by atoms with Crippen LogP contribution in [0, 0.1) is 5.41 Å². The standard InChI is InChI=1S/C19H18O6/c1-19(2)9-12(20)7-14(10-19)24-17(21)15-6-11-4-5-13(23-3)8-16(11)25-18(15)22/h4-8H,9-10H2,1-3H3. The fourth-order valence-electron chi connectivity index (χ4n) is 2.89. The van der Waals surface area contributed by atoms with Gasteiger partial charge < -0.3 is 13.9 Å². The van der Waals surface area contributed by atoms with Crippen LogP contribution in [-0.4, -0.2) is 18.9 Å². The Hall–Kier alpha value is -2.89. The van der Waals surface area contributed by atoms with E-state index in [1.54, 1.807) is 18.2 Å². The van der Waals surface area contributed by atoms with Gasteiger partial charge in [0.15, 0.2) is 5.78 Å². The average Bonchev–Trinajstić information content (AvgIpc) is 2.51. The third-order valence-corrected chi connectivity index (χ3v) is 4.01. The summed E-state index contributed by atoms with van der Waals surface area (Å²) in [7, 11) is 1.51. The summed E-state index contributed by atoms with van der Waals surface area (Å²) in [4.78, 5) is 36.2. The Morgan fingerprint density at radius 1 is 1.16 bits per heavy atom. The first kappa shape index (κ1) is 17.0. The fraction of sp³-hybridized carbons (Fsp3) is 0.316. The molecule has 6 nitrogen and oxygen atoms in total. The molecule has 0 aliphatic heterocycles. The summed E-state index contributed by atoms with van der Waals surface area (Å²) in [6.07, 6.45) is 2.16. The summed E-state index contributed by atoms with van der Waals surface area (Å²) >= 11 is 0. The molecule has 0 N–H and O–H groups in total. The van der Waals surface area contributed by atoms with E-state index in [1.165, 1.54) is 19.3 Å². The first-order chi connectivity index (χ1) is 11.8. The Kier molecular flexibility index (Phi) is 4.20. The molecule has 130 valence electrons. The number of allylic oxidation sites excluding steroid dienone is 2. The number of rotatable bonds is 3. The summed E-state index contributed by atoms with van der Waals surface area (Å²) in [5, 5.41) is 0.571. The maximum absolute atomic E-state index is 12.4. The molecule has 1 aliphatic carbocycles. The molecule has 3 rings (SSSR count). The zero-order valence-corrected chi connectivity index (χ0v) is 14.3. The lowest BCUT2D eigenvalue weighted by molar-refractivity contribution is -0.117. The molecule has 0 atom stereocenters. The topological polar surface area (TPSA) is 82.8 Å². The number of ketones is 1. The highest BCUT2D eigenvalue weighted by Crippen LogP contribution is 2.34. The summed E-state index contributed by atoms with van der Waals surface area (Å²) in [6.45, 7) is 3.84. The lowest BCUT2D eigenvalue weighted by atomic mass is 9.79. The molecule has 1 aliphatic rings. The minimum absolute atomic E-state index is 0.100. The van der Waals surface area contributed by atoms with Gasteiger partial charge in [-0.25, -0.2) is 9.59 Å². The molecular formula is C19H18O6. The van der Waals surface area contributed by atoms with E-state index in [2.05, 4.69) is 0 Å². The number of esters is 1. The van der Waals surface area contributed by atoms with Crippen molar-refractivity contribution in [2.75, 3.05) is 7.11 Å². The van der Waals surface area contributed by atoms with Gasteiger partial charge >= 0.3 is 11.6 Å². The molecule has 1 heterocycles. The molecule has 6 heteroatoms. The summed E-state index contributed by atoms with van der Waals surface area (Å²) in [5.41, 5.74) is -0.984. The second-order valence-corrected chi connectivity index (χ2v) is 6.84. The Balaban J connectivity index is 1.91. The third kappa shape index (κ3) is 3.63. The molecule has 0 fully saturated rings. The van der Waals surface area contributed by atoms with Crippen molar-refractivity contribution in [2.24, 2.45) is 5.41 Å². The van der Waals surface area contributed by atoms with Gasteiger partial charge in [-0.1, -0.05) is 13.8 Å². The van der Waals surface area contributed by atoms with Gasteiger partial charge in [0.05, 0.1) is 7.11 Å². The summed E-state index contributed by atoms with van der Waals surface area (Å²) in [6, 6.07) is 6.36. The van der Waals surface area contributed by atoms with Gasteiger partial charge in [-0.15, -0.1) is 0 Å². The zero-order valence-electron chi connectivity index (χ0n) is 14.3. The van der Waals surface area contributed by atoms with Gasteiger partial charge in [-0.3, -0.25) is 4.79 Å². The van der Waals surface area contributed by atoms with Crippen molar-refractivity contribution >= 4 is 22.7 Å². The van der Waals surface area contributed by atoms with E-state index in [-0.39, 0.29) is 22.5 Å². The maximum Gasteiger partial charge on any atom is 0.351 e. The van der Waals surface area contributed by atoms with Crippen LogP contribution in [0.4, 0.5) is 0 Å². The van der Waals surface area contributed by atoms with Gasteiger partial charge in [0.1, 0.15) is 22.7 Å². The van der Waals surface area contributed by atoms with Crippen molar-refractivity contribution in [3.63, 3.8) is 0 Å². The quantitative estimate of drug-likeness (QED) is 0.629. The maximum atomic E-state index is 12.4. The number of hydrogen-bond donors (Lipinski definition) is 0. The minimum Gasteiger partial charge on any atom is -0.497 e. The first-order valence-electron chi connectivity index (χ1n) is 7.85. The molecule has 1 aromatic heterocycles. The van der Waals surface area contributed by atoms with Crippen LogP contribution in [0.1, 0.15) is 37.0 Å². The predicted molar refractivity (Wildman–Crippen MR) is 90.6 cm³/mol. The van der Waals surface area contributed by atoms with Crippen molar-refractivity contribution in [2.45, 2.75) is 26.7 Å². The summed E-state index contributed by atoms with van der Waals surface area (Å²) in [5.74, 6) is -0.125. The van der Waals surface area contributed by atoms with Gasteiger partial charge in [-0.2, -0.15) is 0 Å². The number of hydrogen-bond acceptors (Lipinski definition) is 6. The highest BCUT2D eigenvalue weighted by atomic mass is 16.5. The Labute approximate surface area is 144 Å². The van der Waals surface area contributed by atoms with E-state index in [4.69, 9.17) is 13.9 Å². The number of benzene rings is 1. The van der Waals surface area contributed by atoms with Crippen LogP contribution in [0.5, 0.6) is 5.75 Å². The number of ether oxygens (including phenoxy) is 2. The molecule has 0 saturated heterocycles. The van der Waals surface area contributed by atoms with E-state index in [0.29, 0.717) is 29.6 Å². The molecule has 0 spiro atoms. The number of fused-ring (bicyclic) bond motifs is 1. The third-order valence-electron chi connectivity index (χ3n) is 4.01. The van der Waals surface area contributed by atoms with E-state index in [9.17, 15) is 14.4 Å². The van der Waals surface area contributed by atoms with Crippen LogP contribution in [0.25, 0.3) is 11.0 Å². The Morgan fingerprint density at radius 2 is 1.92 bits per heavy atom. The largest absolute Gasteiger partial charge is 0.497 e. The van der Waals surface area contributed by atoms with Gasteiger partial charge in [0.25, 0.3) is 0 Å². The smallest absolute Gasteiger partial charge is 0.351 e. The van der Waals surface area contributed by atoms with Crippen LogP contribution < -0.4 is 10.4 Å². The molecule has 0 saturated carbocycles. The van der Waals surface area contributed by atoms with Crippen molar-refractivity contribution in [1.82, 2.24) is 0 Å². The molecule has 0 bridgehead atoms. The second kappa shape index (κ2) is 6.20. The molecule has 25 heavy (non-hydrogen) atoms. The highest BCUT2D eigenvalue weighted by Gasteiger charge is 2.30. The normalized spacial score (nSPS) is 16.4. The van der Waals surface area contributed by atoms with Crippen LogP contribution in [0.2, 0.25) is 0 Å². The van der Waals surface area contributed by atoms with E-state index in [1.807, 2.05) is 13.8 Å². The Morgan fingerprint density at radius 3 is 2.60 bits per heavy atom. The second-order valence-electron chi connectivity index (χ2n) is 6.84. The van der Waals surface area contributed by atoms with Crippen molar-refractivity contribution < 1.29 is 23.5 Å². The van der Waals surface area contributed by atoms with Crippen molar-refractivity contribution in [1.29, 1.82) is 0 Å². The lowest BCUT2D eigenvalue weighted by Crippen LogP contribution is -2.25. The summed E-state index contributed by atoms with van der Waals surface area (Å²) < 4.78 is 15.5. The molecule has 1 aromatic carbocycles. The lowest BCUT2D eigenvalue weighted by Gasteiger charge is -2.27. The first-order valence-corrected chi connectivity index (χ1v) is 7.85.